The number of rotatable bonds is 7. The third-order valence-corrected chi connectivity index (χ3v) is 4.95. The molecule has 0 saturated heterocycles. The lowest BCUT2D eigenvalue weighted by Crippen LogP contribution is -2.34. The Morgan fingerprint density at radius 3 is 2.68 bits per heavy atom. The van der Waals surface area contributed by atoms with Crippen LogP contribution in [-0.4, -0.2) is 27.6 Å². The van der Waals surface area contributed by atoms with Gasteiger partial charge in [-0.3, -0.25) is 0 Å². The number of hydrogen-bond donors (Lipinski definition) is 2. The topological polar surface area (TPSA) is 49.6 Å². The molecule has 0 amide bonds. The number of aliphatic hydroxyl groups excluding tert-OH is 1. The lowest BCUT2D eigenvalue weighted by molar-refractivity contribution is 0.129. The molecule has 3 aromatic rings. The maximum Gasteiger partial charge on any atom is 0.137 e. The summed E-state index contributed by atoms with van der Waals surface area (Å²) < 4.78 is 2.12. The molecule has 1 atom stereocenters. The number of pyridine rings is 1. The highest BCUT2D eigenvalue weighted by Gasteiger charge is 2.29. The van der Waals surface area contributed by atoms with Gasteiger partial charge in [0.15, 0.2) is 0 Å². The van der Waals surface area contributed by atoms with Crippen LogP contribution in [0.25, 0.3) is 5.65 Å². The first-order valence-corrected chi connectivity index (χ1v) is 8.80. The highest BCUT2D eigenvalue weighted by molar-refractivity contribution is 5.42. The molecule has 2 aromatic heterocycles. The summed E-state index contributed by atoms with van der Waals surface area (Å²) in [4.78, 5) is 4.48. The van der Waals surface area contributed by atoms with Gasteiger partial charge in [0.25, 0.3) is 0 Å². The Morgan fingerprint density at radius 2 is 1.96 bits per heavy atom. The number of hydrogen-bond acceptors (Lipinski definition) is 3. The van der Waals surface area contributed by atoms with Gasteiger partial charge in [-0.05, 0) is 35.6 Å². The first-order valence-electron chi connectivity index (χ1n) is 8.80. The minimum atomic E-state index is -0.190. The monoisotopic (exact) mass is 337 g/mol. The van der Waals surface area contributed by atoms with Crippen LogP contribution < -0.4 is 5.32 Å². The summed E-state index contributed by atoms with van der Waals surface area (Å²) in [5, 5.41) is 13.4. The summed E-state index contributed by atoms with van der Waals surface area (Å²) in [6, 6.07) is 14.6. The predicted octanol–water partition coefficient (Wildman–Crippen LogP) is 3.53. The fraction of sp³-hybridized carbons (Fsp3) is 0.381. The van der Waals surface area contributed by atoms with Gasteiger partial charge in [0.1, 0.15) is 5.65 Å². The molecule has 1 unspecified atom stereocenters. The van der Waals surface area contributed by atoms with Crippen molar-refractivity contribution in [2.75, 3.05) is 13.2 Å². The van der Waals surface area contributed by atoms with Crippen molar-refractivity contribution < 1.29 is 5.11 Å². The lowest BCUT2D eigenvalue weighted by atomic mass is 9.75. The summed E-state index contributed by atoms with van der Waals surface area (Å²) in [5.41, 5.74) is 4.40. The van der Waals surface area contributed by atoms with E-state index in [1.165, 1.54) is 11.1 Å². The molecule has 0 bridgehead atoms. The molecule has 132 valence electrons. The van der Waals surface area contributed by atoms with Crippen molar-refractivity contribution in [3.8, 4) is 0 Å². The molecule has 2 heterocycles. The molecule has 4 heteroatoms. The quantitative estimate of drug-likeness (QED) is 0.693. The molecule has 0 aliphatic rings. The number of nitrogens with one attached hydrogen (secondary N) is 1. The predicted molar refractivity (Wildman–Crippen MR) is 102 cm³/mol. The van der Waals surface area contributed by atoms with Gasteiger partial charge in [-0.15, -0.1) is 0 Å². The molecule has 0 fully saturated rings. The average Bonchev–Trinajstić information content (AvgIpc) is 3.01. The van der Waals surface area contributed by atoms with E-state index in [0.29, 0.717) is 0 Å². The zero-order valence-corrected chi connectivity index (χ0v) is 15.2. The van der Waals surface area contributed by atoms with Crippen LogP contribution in [-0.2, 0) is 6.54 Å². The summed E-state index contributed by atoms with van der Waals surface area (Å²) in [6.45, 7) is 8.01. The van der Waals surface area contributed by atoms with Gasteiger partial charge < -0.3 is 14.8 Å². The second-order valence-corrected chi connectivity index (χ2v) is 7.42. The summed E-state index contributed by atoms with van der Waals surface area (Å²) >= 11 is 0. The first kappa shape index (κ1) is 17.6. The summed E-state index contributed by atoms with van der Waals surface area (Å²) in [7, 11) is 0. The Hall–Kier alpha value is -2.17. The number of nitrogens with zero attached hydrogens (tertiary/aromatic N) is 2. The maximum absolute atomic E-state index is 9.83. The zero-order chi connectivity index (χ0) is 17.9. The normalized spacial score (nSPS) is 13.3. The van der Waals surface area contributed by atoms with Crippen molar-refractivity contribution in [3.63, 3.8) is 0 Å². The fourth-order valence-electron chi connectivity index (χ4n) is 3.25. The Morgan fingerprint density at radius 1 is 1.20 bits per heavy atom. The molecule has 0 aliphatic carbocycles. The first-order chi connectivity index (χ1) is 12.0. The van der Waals surface area contributed by atoms with Crippen LogP contribution in [0, 0.1) is 12.3 Å². The van der Waals surface area contributed by atoms with Gasteiger partial charge in [-0.25, -0.2) is 4.98 Å². The summed E-state index contributed by atoms with van der Waals surface area (Å²) in [5.74, 6) is 0.236. The SMILES string of the molecule is Cc1ccn2c(CNCC(c3ccccc3)C(C)(C)CO)cnc2c1. The van der Waals surface area contributed by atoms with E-state index in [0.717, 1.165) is 24.4 Å². The van der Waals surface area contributed by atoms with E-state index in [9.17, 15) is 5.11 Å². The van der Waals surface area contributed by atoms with E-state index < -0.39 is 0 Å². The third-order valence-electron chi connectivity index (χ3n) is 4.95. The molecule has 3 rings (SSSR count). The molecule has 1 aromatic carbocycles. The minimum Gasteiger partial charge on any atom is -0.396 e. The van der Waals surface area contributed by atoms with E-state index >= 15 is 0 Å². The molecule has 0 radical (unpaired) electrons. The zero-order valence-electron chi connectivity index (χ0n) is 15.2. The van der Waals surface area contributed by atoms with Crippen LogP contribution >= 0.6 is 0 Å². The van der Waals surface area contributed by atoms with Crippen LogP contribution in [0.15, 0.2) is 54.9 Å². The summed E-state index contributed by atoms with van der Waals surface area (Å²) in [6.07, 6.45) is 4.00. The van der Waals surface area contributed by atoms with Crippen molar-refractivity contribution in [2.45, 2.75) is 33.2 Å². The van der Waals surface area contributed by atoms with Crippen LogP contribution in [0.2, 0.25) is 0 Å². The number of aryl methyl sites for hydroxylation is 1. The number of fused-ring (bicyclic) bond motifs is 1. The second-order valence-electron chi connectivity index (χ2n) is 7.42. The third kappa shape index (κ3) is 3.91. The lowest BCUT2D eigenvalue weighted by Gasteiger charge is -2.33. The van der Waals surface area contributed by atoms with Gasteiger partial charge >= 0.3 is 0 Å². The molecule has 4 nitrogen and oxygen atoms in total. The van der Waals surface area contributed by atoms with E-state index in [2.05, 4.69) is 78.1 Å². The molecule has 25 heavy (non-hydrogen) atoms. The smallest absolute Gasteiger partial charge is 0.137 e. The molecule has 0 aliphatic heterocycles. The number of benzene rings is 1. The Bertz CT molecular complexity index is 824. The average molecular weight is 337 g/mol. The van der Waals surface area contributed by atoms with Gasteiger partial charge in [-0.1, -0.05) is 44.2 Å². The second kappa shape index (κ2) is 7.38. The van der Waals surface area contributed by atoms with Gasteiger partial charge in [-0.2, -0.15) is 0 Å². The Kier molecular flexibility index (Phi) is 5.21. The molecule has 0 spiro atoms. The standard InChI is InChI=1S/C21H27N3O/c1-16-9-10-24-18(13-23-20(24)11-16)12-22-14-19(21(2,3)15-25)17-7-5-4-6-8-17/h4-11,13,19,22,25H,12,14-15H2,1-3H3. The molecule has 2 N–H and O–H groups in total. The van der Waals surface area contributed by atoms with E-state index in [1.807, 2.05) is 12.3 Å². The van der Waals surface area contributed by atoms with Crippen LogP contribution in [0.4, 0.5) is 0 Å². The van der Waals surface area contributed by atoms with Crippen molar-refractivity contribution >= 4 is 5.65 Å². The number of aliphatic hydroxyl groups is 1. The van der Waals surface area contributed by atoms with Crippen molar-refractivity contribution in [3.05, 3.63) is 71.7 Å². The fourth-order valence-corrected chi connectivity index (χ4v) is 3.25. The molecule has 0 saturated carbocycles. The Labute approximate surface area is 149 Å². The van der Waals surface area contributed by atoms with Gasteiger partial charge in [0.2, 0.25) is 0 Å². The van der Waals surface area contributed by atoms with E-state index in [-0.39, 0.29) is 17.9 Å². The highest BCUT2D eigenvalue weighted by Crippen LogP contribution is 2.34. The van der Waals surface area contributed by atoms with E-state index in [1.54, 1.807) is 0 Å². The van der Waals surface area contributed by atoms with Crippen LogP contribution in [0.1, 0.15) is 36.6 Å². The largest absolute Gasteiger partial charge is 0.396 e. The number of aromatic nitrogens is 2. The Balaban J connectivity index is 1.73. The van der Waals surface area contributed by atoms with Gasteiger partial charge in [0, 0.05) is 31.8 Å². The highest BCUT2D eigenvalue weighted by atomic mass is 16.3. The minimum absolute atomic E-state index is 0.156. The van der Waals surface area contributed by atoms with Crippen LogP contribution in [0.3, 0.4) is 0 Å². The van der Waals surface area contributed by atoms with Crippen LogP contribution in [0.5, 0.6) is 0 Å². The molecular weight excluding hydrogens is 310 g/mol. The van der Waals surface area contributed by atoms with Crippen molar-refractivity contribution in [1.29, 1.82) is 0 Å². The van der Waals surface area contributed by atoms with Gasteiger partial charge in [0.05, 0.1) is 11.9 Å². The van der Waals surface area contributed by atoms with E-state index in [4.69, 9.17) is 0 Å². The van der Waals surface area contributed by atoms with Crippen molar-refractivity contribution in [1.82, 2.24) is 14.7 Å². The number of imidazole rings is 1. The van der Waals surface area contributed by atoms with Crippen molar-refractivity contribution in [2.24, 2.45) is 5.41 Å². The maximum atomic E-state index is 9.83. The molecular formula is C21H27N3O.